The first-order valence-corrected chi connectivity index (χ1v) is 6.95. The number of nitrogens with zero attached hydrogens (tertiary/aromatic N) is 1. The highest BCUT2D eigenvalue weighted by atomic mass is 32.1. The minimum Gasteiger partial charge on any atom is -0.475 e. The van der Waals surface area contributed by atoms with Gasteiger partial charge in [0.25, 0.3) is 5.91 Å². The molecule has 0 spiro atoms. The second-order valence-corrected chi connectivity index (χ2v) is 5.12. The predicted octanol–water partition coefficient (Wildman–Crippen LogP) is 2.62. The van der Waals surface area contributed by atoms with Crippen LogP contribution in [0.2, 0.25) is 0 Å². The topological polar surface area (TPSA) is 92.4 Å². The van der Waals surface area contributed by atoms with Crippen LogP contribution in [0.4, 0.5) is 0 Å². The molecule has 2 aromatic rings. The van der Waals surface area contributed by atoms with Gasteiger partial charge in [-0.3, -0.25) is 4.79 Å². The fourth-order valence-electron chi connectivity index (χ4n) is 1.67. The summed E-state index contributed by atoms with van der Waals surface area (Å²) >= 11 is 1.48. The van der Waals surface area contributed by atoms with Crippen molar-refractivity contribution in [3.8, 4) is 0 Å². The van der Waals surface area contributed by atoms with Crippen molar-refractivity contribution < 1.29 is 19.1 Å². The van der Waals surface area contributed by atoms with Gasteiger partial charge in [-0.15, -0.1) is 11.3 Å². The molecule has 6 nitrogen and oxygen atoms in total. The quantitative estimate of drug-likeness (QED) is 0.884. The van der Waals surface area contributed by atoms with E-state index in [0.717, 1.165) is 10.7 Å². The highest BCUT2D eigenvalue weighted by Gasteiger charge is 2.20. The molecule has 7 heteroatoms. The van der Waals surface area contributed by atoms with Gasteiger partial charge < -0.3 is 14.8 Å². The number of nitrogens with one attached hydrogen (secondary N) is 1. The third-order valence-corrected chi connectivity index (χ3v) is 3.77. The molecule has 2 aromatic heterocycles. The monoisotopic (exact) mass is 294 g/mol. The Morgan fingerprint density at radius 3 is 2.65 bits per heavy atom. The van der Waals surface area contributed by atoms with Crippen LogP contribution in [0.5, 0.6) is 0 Å². The van der Waals surface area contributed by atoms with Crippen molar-refractivity contribution in [1.82, 2.24) is 10.3 Å². The Balaban J connectivity index is 2.10. The number of aromatic carboxylic acids is 1. The Hall–Kier alpha value is -2.15. The number of amides is 1. The smallest absolute Gasteiger partial charge is 0.371 e. The summed E-state index contributed by atoms with van der Waals surface area (Å²) in [6, 6.07) is 2.39. The normalized spacial score (nSPS) is 12.1. The van der Waals surface area contributed by atoms with E-state index in [1.165, 1.54) is 23.5 Å². The van der Waals surface area contributed by atoms with Gasteiger partial charge >= 0.3 is 5.97 Å². The van der Waals surface area contributed by atoms with Crippen molar-refractivity contribution in [3.05, 3.63) is 39.7 Å². The number of carboxylic acids is 1. The van der Waals surface area contributed by atoms with Gasteiger partial charge in [0.15, 0.2) is 5.76 Å². The number of thiazole rings is 1. The maximum absolute atomic E-state index is 12.0. The second-order valence-electron chi connectivity index (χ2n) is 4.23. The lowest BCUT2D eigenvalue weighted by molar-refractivity contribution is 0.0659. The maximum Gasteiger partial charge on any atom is 0.371 e. The molecule has 1 amide bonds. The zero-order valence-electron chi connectivity index (χ0n) is 11.0. The van der Waals surface area contributed by atoms with E-state index in [-0.39, 0.29) is 17.6 Å². The molecule has 0 aliphatic rings. The highest BCUT2D eigenvalue weighted by molar-refractivity contribution is 7.09. The van der Waals surface area contributed by atoms with Gasteiger partial charge in [0, 0.05) is 11.1 Å². The summed E-state index contributed by atoms with van der Waals surface area (Å²) in [6.07, 6.45) is 0.686. The molecule has 0 aliphatic carbocycles. The van der Waals surface area contributed by atoms with Gasteiger partial charge in [-0.25, -0.2) is 9.78 Å². The first-order chi connectivity index (χ1) is 9.51. The molecule has 0 bridgehead atoms. The van der Waals surface area contributed by atoms with E-state index >= 15 is 0 Å². The number of carbonyl (C=O) groups is 2. The molecule has 0 saturated heterocycles. The predicted molar refractivity (Wildman–Crippen MR) is 73.0 cm³/mol. The van der Waals surface area contributed by atoms with Crippen molar-refractivity contribution in [2.24, 2.45) is 0 Å². The van der Waals surface area contributed by atoms with Crippen LogP contribution < -0.4 is 5.32 Å². The standard InChI is InChI=1S/C13H14N2O4S/c1-3-8(12-14-7(2)6-20-12)15-11(16)9-4-5-10(19-9)13(17)18/h4-6,8H,3H2,1-2H3,(H,15,16)(H,17,18). The van der Waals surface area contributed by atoms with E-state index in [4.69, 9.17) is 9.52 Å². The molecule has 1 unspecified atom stereocenters. The van der Waals surface area contributed by atoms with Crippen molar-refractivity contribution in [2.45, 2.75) is 26.3 Å². The molecule has 1 atom stereocenters. The molecular formula is C13H14N2O4S. The van der Waals surface area contributed by atoms with E-state index in [1.54, 1.807) is 0 Å². The van der Waals surface area contributed by atoms with Crippen molar-refractivity contribution >= 4 is 23.2 Å². The molecule has 20 heavy (non-hydrogen) atoms. The van der Waals surface area contributed by atoms with Crippen LogP contribution in [0.1, 0.15) is 51.2 Å². The molecule has 2 N–H and O–H groups in total. The summed E-state index contributed by atoms with van der Waals surface area (Å²) < 4.78 is 4.96. The maximum atomic E-state index is 12.0. The largest absolute Gasteiger partial charge is 0.475 e. The average molecular weight is 294 g/mol. The fraction of sp³-hybridized carbons (Fsp3) is 0.308. The van der Waals surface area contributed by atoms with Gasteiger partial charge in [0.05, 0.1) is 6.04 Å². The van der Waals surface area contributed by atoms with E-state index < -0.39 is 11.9 Å². The lowest BCUT2D eigenvalue weighted by Gasteiger charge is -2.13. The van der Waals surface area contributed by atoms with Crippen LogP contribution in [0.3, 0.4) is 0 Å². The zero-order valence-corrected chi connectivity index (χ0v) is 11.9. The van der Waals surface area contributed by atoms with Gasteiger partial charge in [0.1, 0.15) is 5.01 Å². The summed E-state index contributed by atoms with van der Waals surface area (Å²) in [6.45, 7) is 3.83. The van der Waals surface area contributed by atoms with Crippen LogP contribution in [0, 0.1) is 6.92 Å². The molecule has 106 valence electrons. The third kappa shape index (κ3) is 3.05. The Bertz CT molecular complexity index is 632. The number of aromatic nitrogens is 1. The first-order valence-electron chi connectivity index (χ1n) is 6.07. The zero-order chi connectivity index (χ0) is 14.7. The van der Waals surface area contributed by atoms with E-state index in [0.29, 0.717) is 6.42 Å². The number of hydrogen-bond acceptors (Lipinski definition) is 5. The Morgan fingerprint density at radius 1 is 1.45 bits per heavy atom. The second kappa shape index (κ2) is 5.87. The Kier molecular flexibility index (Phi) is 4.19. The molecule has 2 heterocycles. The molecule has 0 aliphatic heterocycles. The summed E-state index contributed by atoms with van der Waals surface area (Å²) in [5, 5.41) is 14.3. The van der Waals surface area contributed by atoms with Gasteiger partial charge in [-0.2, -0.15) is 0 Å². The summed E-state index contributed by atoms with van der Waals surface area (Å²) in [5.74, 6) is -1.92. The lowest BCUT2D eigenvalue weighted by atomic mass is 10.2. The molecule has 2 rings (SSSR count). The van der Waals surface area contributed by atoms with Gasteiger partial charge in [0.2, 0.25) is 5.76 Å². The molecule has 0 radical (unpaired) electrons. The molecule has 0 aromatic carbocycles. The average Bonchev–Trinajstić information content (AvgIpc) is 3.04. The number of furan rings is 1. The summed E-state index contributed by atoms with van der Waals surface area (Å²) in [7, 11) is 0. The Labute approximate surface area is 119 Å². The molecular weight excluding hydrogens is 280 g/mol. The fourth-order valence-corrected chi connectivity index (χ4v) is 2.61. The first kappa shape index (κ1) is 14.3. The molecule has 0 saturated carbocycles. The minimum atomic E-state index is -1.20. The molecule has 0 fully saturated rings. The SMILES string of the molecule is CCC(NC(=O)c1ccc(C(=O)O)o1)c1nc(C)cs1. The number of hydrogen-bond donors (Lipinski definition) is 2. The van der Waals surface area contributed by atoms with E-state index in [9.17, 15) is 9.59 Å². The van der Waals surface area contributed by atoms with Crippen LogP contribution in [0.25, 0.3) is 0 Å². The van der Waals surface area contributed by atoms with Crippen molar-refractivity contribution in [1.29, 1.82) is 0 Å². The summed E-state index contributed by atoms with van der Waals surface area (Å²) in [4.78, 5) is 27.1. The van der Waals surface area contributed by atoms with Gasteiger partial charge in [-0.05, 0) is 25.5 Å². The van der Waals surface area contributed by atoms with Crippen LogP contribution in [0.15, 0.2) is 21.9 Å². The summed E-state index contributed by atoms with van der Waals surface area (Å²) in [5.41, 5.74) is 0.906. The van der Waals surface area contributed by atoms with Crippen LogP contribution >= 0.6 is 11.3 Å². The number of carbonyl (C=O) groups excluding carboxylic acids is 1. The lowest BCUT2D eigenvalue weighted by Crippen LogP contribution is -2.27. The number of rotatable bonds is 5. The van der Waals surface area contributed by atoms with Gasteiger partial charge in [-0.1, -0.05) is 6.92 Å². The van der Waals surface area contributed by atoms with Crippen LogP contribution in [-0.4, -0.2) is 22.0 Å². The van der Waals surface area contributed by atoms with Crippen LogP contribution in [-0.2, 0) is 0 Å². The van der Waals surface area contributed by atoms with Crippen molar-refractivity contribution in [3.63, 3.8) is 0 Å². The highest BCUT2D eigenvalue weighted by Crippen LogP contribution is 2.21. The third-order valence-electron chi connectivity index (χ3n) is 2.69. The van der Waals surface area contributed by atoms with Crippen molar-refractivity contribution in [2.75, 3.05) is 0 Å². The minimum absolute atomic E-state index is 0.0193. The van der Waals surface area contributed by atoms with E-state index in [1.807, 2.05) is 19.2 Å². The van der Waals surface area contributed by atoms with E-state index in [2.05, 4.69) is 10.3 Å². The Morgan fingerprint density at radius 2 is 2.15 bits per heavy atom. The number of aryl methyl sites for hydroxylation is 1. The number of carboxylic acid groups (broad SMARTS) is 1.